The van der Waals surface area contributed by atoms with E-state index in [2.05, 4.69) is 105 Å². The van der Waals surface area contributed by atoms with Crippen LogP contribution in [0, 0.1) is 6.92 Å². The minimum atomic E-state index is -0.0200. The van der Waals surface area contributed by atoms with Gasteiger partial charge in [0.25, 0.3) is 0 Å². The molecule has 1 fully saturated rings. The normalized spacial score (nSPS) is 17.6. The number of hydrogen-bond acceptors (Lipinski definition) is 3. The predicted molar refractivity (Wildman–Crippen MR) is 142 cm³/mol. The molecule has 2 unspecified atom stereocenters. The summed E-state index contributed by atoms with van der Waals surface area (Å²) in [6.45, 7) is 3.88. The molecule has 1 saturated heterocycles. The number of nitrogens with one attached hydrogen (secondary N) is 2. The van der Waals surface area contributed by atoms with Crippen LogP contribution in [0.1, 0.15) is 35.5 Å². The lowest BCUT2D eigenvalue weighted by molar-refractivity contribution is 0.307. The molecule has 6 heteroatoms. The summed E-state index contributed by atoms with van der Waals surface area (Å²) in [7, 11) is 0. The second-order valence-electron chi connectivity index (χ2n) is 8.56. The average molecular weight is 468 g/mol. The van der Waals surface area contributed by atoms with Crippen molar-refractivity contribution in [1.82, 2.24) is 19.8 Å². The third kappa shape index (κ3) is 4.54. The first-order valence-electron chi connectivity index (χ1n) is 11.7. The van der Waals surface area contributed by atoms with Crippen molar-refractivity contribution < 1.29 is 0 Å². The van der Waals surface area contributed by atoms with Crippen LogP contribution in [-0.4, -0.2) is 32.7 Å². The fourth-order valence-electron chi connectivity index (χ4n) is 4.69. The molecule has 2 aromatic heterocycles. The van der Waals surface area contributed by atoms with Gasteiger partial charge in [-0.25, -0.2) is 0 Å². The van der Waals surface area contributed by atoms with Gasteiger partial charge in [0, 0.05) is 42.6 Å². The van der Waals surface area contributed by atoms with E-state index in [0.717, 1.165) is 36.0 Å². The molecule has 0 radical (unpaired) electrons. The Balaban J connectivity index is 1.44. The molecule has 3 heterocycles. The number of hydrogen-bond donors (Lipinski definition) is 2. The highest BCUT2D eigenvalue weighted by molar-refractivity contribution is 7.80. The average Bonchev–Trinajstić information content (AvgIpc) is 3.47. The number of nitrogens with zero attached hydrogens (tertiary/aromatic N) is 3. The maximum Gasteiger partial charge on any atom is 0.170 e. The van der Waals surface area contributed by atoms with E-state index in [4.69, 9.17) is 12.2 Å². The molecular weight excluding hydrogens is 438 g/mol. The van der Waals surface area contributed by atoms with Crippen molar-refractivity contribution in [2.45, 2.75) is 25.4 Å². The molecule has 0 spiro atoms. The van der Waals surface area contributed by atoms with E-state index in [1.807, 2.05) is 24.4 Å². The Hall–Kier alpha value is -3.64. The molecule has 1 aliphatic rings. The van der Waals surface area contributed by atoms with Crippen molar-refractivity contribution in [1.29, 1.82) is 0 Å². The number of thiocarbonyl (C=S) groups is 1. The van der Waals surface area contributed by atoms with Crippen LogP contribution in [0.25, 0.3) is 5.69 Å². The van der Waals surface area contributed by atoms with Crippen molar-refractivity contribution in [3.63, 3.8) is 0 Å². The lowest BCUT2D eigenvalue weighted by atomic mass is 10.0. The van der Waals surface area contributed by atoms with E-state index in [-0.39, 0.29) is 12.1 Å². The van der Waals surface area contributed by atoms with Gasteiger partial charge in [-0.1, -0.05) is 42.5 Å². The topological polar surface area (TPSA) is 45.1 Å². The van der Waals surface area contributed by atoms with E-state index in [1.165, 1.54) is 16.9 Å². The zero-order valence-electron chi connectivity index (χ0n) is 19.3. The zero-order chi connectivity index (χ0) is 23.3. The zero-order valence-corrected chi connectivity index (χ0v) is 20.1. The maximum absolute atomic E-state index is 5.85. The molecule has 2 N–H and O–H groups in total. The monoisotopic (exact) mass is 467 g/mol. The molecule has 2 atom stereocenters. The minimum absolute atomic E-state index is 0.0200. The van der Waals surface area contributed by atoms with Crippen LogP contribution in [0.5, 0.6) is 0 Å². The van der Waals surface area contributed by atoms with Gasteiger partial charge in [-0.3, -0.25) is 4.98 Å². The molecule has 0 bridgehead atoms. The highest BCUT2D eigenvalue weighted by atomic mass is 32.1. The molecule has 34 heavy (non-hydrogen) atoms. The summed E-state index contributed by atoms with van der Waals surface area (Å²) >= 11 is 5.85. The first-order chi connectivity index (χ1) is 16.7. The summed E-state index contributed by atoms with van der Waals surface area (Å²) in [6.07, 6.45) is 4.96. The molecule has 4 aromatic rings. The van der Waals surface area contributed by atoms with Gasteiger partial charge in [0.05, 0.1) is 17.8 Å². The number of para-hydroxylation sites is 2. The Bertz CT molecular complexity index is 1240. The summed E-state index contributed by atoms with van der Waals surface area (Å²) in [5.41, 5.74) is 5.76. The summed E-state index contributed by atoms with van der Waals surface area (Å²) < 4.78 is 2.29. The summed E-state index contributed by atoms with van der Waals surface area (Å²) in [4.78, 5) is 7.00. The van der Waals surface area contributed by atoms with Crippen molar-refractivity contribution in [2.24, 2.45) is 0 Å². The van der Waals surface area contributed by atoms with Crippen LogP contribution in [0.15, 0.2) is 97.3 Å². The first-order valence-corrected chi connectivity index (χ1v) is 12.1. The number of aryl methyl sites for hydroxylation is 1. The van der Waals surface area contributed by atoms with Gasteiger partial charge in [0.15, 0.2) is 5.11 Å². The second kappa shape index (κ2) is 10.1. The quantitative estimate of drug-likeness (QED) is 0.259. The Morgan fingerprint density at radius 3 is 2.53 bits per heavy atom. The SMILES string of the molecule is Cc1ccccc1-n1cccc1C1C(c2ccccn2)NC(=S)N1CCCNc1ccccc1. The Morgan fingerprint density at radius 1 is 0.941 bits per heavy atom. The Morgan fingerprint density at radius 2 is 1.74 bits per heavy atom. The van der Waals surface area contributed by atoms with Crippen LogP contribution < -0.4 is 10.6 Å². The minimum Gasteiger partial charge on any atom is -0.385 e. The summed E-state index contributed by atoms with van der Waals surface area (Å²) in [5.74, 6) is 0. The van der Waals surface area contributed by atoms with Gasteiger partial charge in [-0.15, -0.1) is 0 Å². The van der Waals surface area contributed by atoms with Crippen LogP contribution >= 0.6 is 12.2 Å². The van der Waals surface area contributed by atoms with Crippen molar-refractivity contribution in [3.8, 4) is 5.69 Å². The fraction of sp³-hybridized carbons (Fsp3) is 0.214. The number of aromatic nitrogens is 2. The van der Waals surface area contributed by atoms with E-state index in [1.54, 1.807) is 0 Å². The highest BCUT2D eigenvalue weighted by Gasteiger charge is 2.41. The van der Waals surface area contributed by atoms with Gasteiger partial charge in [-0.2, -0.15) is 0 Å². The smallest absolute Gasteiger partial charge is 0.170 e. The third-order valence-corrected chi connectivity index (χ3v) is 6.69. The van der Waals surface area contributed by atoms with Crippen molar-refractivity contribution >= 4 is 23.0 Å². The molecule has 2 aromatic carbocycles. The van der Waals surface area contributed by atoms with E-state index >= 15 is 0 Å². The second-order valence-corrected chi connectivity index (χ2v) is 8.94. The highest BCUT2D eigenvalue weighted by Crippen LogP contribution is 2.39. The Labute approximate surface area is 206 Å². The van der Waals surface area contributed by atoms with E-state index in [0.29, 0.717) is 0 Å². The van der Waals surface area contributed by atoms with Crippen LogP contribution in [0.2, 0.25) is 0 Å². The van der Waals surface area contributed by atoms with Gasteiger partial charge in [-0.05, 0) is 73.6 Å². The third-order valence-electron chi connectivity index (χ3n) is 6.33. The number of pyridine rings is 1. The van der Waals surface area contributed by atoms with Gasteiger partial charge >= 0.3 is 0 Å². The van der Waals surface area contributed by atoms with Crippen molar-refractivity contribution in [3.05, 3.63) is 114 Å². The fourth-order valence-corrected chi connectivity index (χ4v) is 5.03. The molecule has 0 saturated carbocycles. The maximum atomic E-state index is 5.85. The van der Waals surface area contributed by atoms with Gasteiger partial charge in [0.2, 0.25) is 0 Å². The van der Waals surface area contributed by atoms with Crippen LogP contribution in [0.3, 0.4) is 0 Å². The number of rotatable bonds is 8. The lowest BCUT2D eigenvalue weighted by Crippen LogP contribution is -2.32. The van der Waals surface area contributed by atoms with Crippen LogP contribution in [0.4, 0.5) is 5.69 Å². The Kier molecular flexibility index (Phi) is 6.58. The van der Waals surface area contributed by atoms with Crippen LogP contribution in [-0.2, 0) is 0 Å². The van der Waals surface area contributed by atoms with Gasteiger partial charge < -0.3 is 20.1 Å². The molecule has 5 nitrogen and oxygen atoms in total. The molecule has 172 valence electrons. The predicted octanol–water partition coefficient (Wildman–Crippen LogP) is 5.66. The molecular formula is C28H29N5S. The number of benzene rings is 2. The largest absolute Gasteiger partial charge is 0.385 e. The first kappa shape index (κ1) is 22.2. The summed E-state index contributed by atoms with van der Waals surface area (Å²) in [5, 5.41) is 7.86. The van der Waals surface area contributed by atoms with E-state index < -0.39 is 0 Å². The van der Waals surface area contributed by atoms with E-state index in [9.17, 15) is 0 Å². The summed E-state index contributed by atoms with van der Waals surface area (Å²) in [6, 6.07) is 29.2. The van der Waals surface area contributed by atoms with Crippen molar-refractivity contribution in [2.75, 3.05) is 18.4 Å². The standard InChI is InChI=1S/C28H29N5S/c1-21-11-5-6-15-24(21)32-19-9-16-25(32)27-26(23-14-7-8-17-30-23)31-28(34)33(27)20-10-18-29-22-12-3-2-4-13-22/h2-9,11-17,19,26-27,29H,10,18,20H2,1H3,(H,31,34). The van der Waals surface area contributed by atoms with Gasteiger partial charge in [0.1, 0.15) is 0 Å². The molecule has 0 aliphatic carbocycles. The molecule has 5 rings (SSSR count). The molecule has 0 amide bonds. The number of anilines is 1. The molecule has 1 aliphatic heterocycles. The lowest BCUT2D eigenvalue weighted by Gasteiger charge is -2.29.